The van der Waals surface area contributed by atoms with Crippen molar-refractivity contribution < 1.29 is 0 Å². The third-order valence-electron chi connectivity index (χ3n) is 2.96. The molecule has 3 aromatic rings. The molecule has 0 N–H and O–H groups in total. The second kappa shape index (κ2) is 3.71. The Morgan fingerprint density at radius 2 is 1.88 bits per heavy atom. The predicted molar refractivity (Wildman–Crippen MR) is 75.7 cm³/mol. The molecule has 1 nitrogen and oxygen atoms in total. The van der Waals surface area contributed by atoms with E-state index in [0.29, 0.717) is 10.8 Å². The van der Waals surface area contributed by atoms with Crippen molar-refractivity contribution in [2.75, 3.05) is 0 Å². The molecule has 1 heterocycles. The van der Waals surface area contributed by atoms with Crippen LogP contribution in [0.1, 0.15) is 5.56 Å². The normalized spacial score (nSPS) is 11.1. The number of hydrogen-bond donors (Lipinski definition) is 0. The van der Waals surface area contributed by atoms with E-state index in [4.69, 9.17) is 7.85 Å². The fourth-order valence-electron chi connectivity index (χ4n) is 2.06. The molecule has 2 radical (unpaired) electrons. The van der Waals surface area contributed by atoms with Crippen molar-refractivity contribution in [2.45, 2.75) is 6.92 Å². The zero-order valence-electron chi connectivity index (χ0n) is 9.36. The summed E-state index contributed by atoms with van der Waals surface area (Å²) in [4.78, 5) is 12.4. The monoisotopic (exact) mass is 236 g/mol. The summed E-state index contributed by atoms with van der Waals surface area (Å²) < 4.78 is 2.01. The Labute approximate surface area is 104 Å². The molecular weight excluding hydrogens is 227 g/mol. The molecule has 0 aliphatic carbocycles. The second-order valence-corrected chi connectivity index (χ2v) is 5.16. The Kier molecular flexibility index (Phi) is 2.30. The SMILES string of the molecule is [B]c1ccc(C)c2sc3ccccc3c(=O)c12. The van der Waals surface area contributed by atoms with Gasteiger partial charge in [0.1, 0.15) is 7.85 Å². The number of rotatable bonds is 0. The molecule has 0 saturated carbocycles. The molecule has 80 valence electrons. The van der Waals surface area contributed by atoms with Crippen molar-refractivity contribution in [1.29, 1.82) is 0 Å². The fraction of sp³-hybridized carbons (Fsp3) is 0.0714. The topological polar surface area (TPSA) is 17.1 Å². The van der Waals surface area contributed by atoms with Crippen LogP contribution < -0.4 is 10.9 Å². The van der Waals surface area contributed by atoms with Gasteiger partial charge in [-0.15, -0.1) is 11.3 Å². The minimum atomic E-state index is 0.0375. The van der Waals surface area contributed by atoms with Crippen LogP contribution >= 0.6 is 11.3 Å². The molecule has 3 rings (SSSR count). The van der Waals surface area contributed by atoms with Gasteiger partial charge < -0.3 is 0 Å². The Hall–Kier alpha value is -1.61. The molecular formula is C14H9BOS. The standard InChI is InChI=1S/C14H9BOS/c1-8-6-7-10(15)12-13(16)9-4-2-3-5-11(9)17-14(8)12/h2-7H,1H3. The highest BCUT2D eigenvalue weighted by Crippen LogP contribution is 2.25. The van der Waals surface area contributed by atoms with Gasteiger partial charge in [0, 0.05) is 20.2 Å². The van der Waals surface area contributed by atoms with Crippen LogP contribution in [-0.4, -0.2) is 7.85 Å². The van der Waals surface area contributed by atoms with Crippen LogP contribution in [0.5, 0.6) is 0 Å². The molecule has 0 aliphatic heterocycles. The minimum absolute atomic E-state index is 0.0375. The molecule has 0 aliphatic rings. The van der Waals surface area contributed by atoms with Crippen LogP contribution in [0.25, 0.3) is 20.2 Å². The van der Waals surface area contributed by atoms with Crippen LogP contribution in [0.3, 0.4) is 0 Å². The third kappa shape index (κ3) is 1.50. The van der Waals surface area contributed by atoms with Crippen LogP contribution in [0.2, 0.25) is 0 Å². The zero-order valence-corrected chi connectivity index (χ0v) is 10.2. The molecule has 0 spiro atoms. The largest absolute Gasteiger partial charge is 0.289 e. The maximum Gasteiger partial charge on any atom is 0.195 e. The lowest BCUT2D eigenvalue weighted by atomic mass is 9.91. The second-order valence-electron chi connectivity index (χ2n) is 4.10. The first kappa shape index (κ1) is 10.5. The smallest absolute Gasteiger partial charge is 0.195 e. The van der Waals surface area contributed by atoms with E-state index in [1.54, 1.807) is 17.4 Å². The lowest BCUT2D eigenvalue weighted by molar-refractivity contribution is 1.56. The molecule has 0 bridgehead atoms. The van der Waals surface area contributed by atoms with Crippen LogP contribution in [-0.2, 0) is 0 Å². The highest BCUT2D eigenvalue weighted by atomic mass is 32.1. The lowest BCUT2D eigenvalue weighted by Crippen LogP contribution is -2.14. The Morgan fingerprint density at radius 3 is 2.71 bits per heavy atom. The summed E-state index contributed by atoms with van der Waals surface area (Å²) in [5, 5.41) is 1.41. The van der Waals surface area contributed by atoms with Crippen molar-refractivity contribution in [3.05, 3.63) is 52.2 Å². The van der Waals surface area contributed by atoms with Gasteiger partial charge >= 0.3 is 0 Å². The van der Waals surface area contributed by atoms with Gasteiger partial charge in [0.2, 0.25) is 0 Å². The highest BCUT2D eigenvalue weighted by molar-refractivity contribution is 7.24. The number of aryl methyl sites for hydroxylation is 1. The van der Waals surface area contributed by atoms with Gasteiger partial charge in [0.05, 0.1) is 0 Å². The Bertz CT molecular complexity index is 789. The minimum Gasteiger partial charge on any atom is -0.289 e. The van der Waals surface area contributed by atoms with Gasteiger partial charge in [0.15, 0.2) is 5.43 Å². The summed E-state index contributed by atoms with van der Waals surface area (Å²) in [6, 6.07) is 11.4. The van der Waals surface area contributed by atoms with E-state index < -0.39 is 0 Å². The summed E-state index contributed by atoms with van der Waals surface area (Å²) >= 11 is 1.63. The first-order valence-corrected chi connectivity index (χ1v) is 6.21. The molecule has 2 aromatic carbocycles. The van der Waals surface area contributed by atoms with Gasteiger partial charge in [-0.3, -0.25) is 4.79 Å². The summed E-state index contributed by atoms with van der Waals surface area (Å²) in [6.45, 7) is 2.01. The summed E-state index contributed by atoms with van der Waals surface area (Å²) in [5.41, 5.74) is 1.70. The van der Waals surface area contributed by atoms with Gasteiger partial charge in [-0.1, -0.05) is 29.7 Å². The maximum absolute atomic E-state index is 12.4. The number of benzene rings is 2. The number of fused-ring (bicyclic) bond motifs is 2. The van der Waals surface area contributed by atoms with Gasteiger partial charge in [-0.05, 0) is 24.6 Å². The van der Waals surface area contributed by atoms with Crippen LogP contribution in [0, 0.1) is 6.92 Å². The van der Waals surface area contributed by atoms with Gasteiger partial charge in [-0.25, -0.2) is 0 Å². The van der Waals surface area contributed by atoms with Crippen LogP contribution in [0.4, 0.5) is 0 Å². The molecule has 0 fully saturated rings. The maximum atomic E-state index is 12.4. The summed E-state index contributed by atoms with van der Waals surface area (Å²) in [7, 11) is 5.92. The molecule has 0 saturated heterocycles. The van der Waals surface area contributed by atoms with E-state index in [0.717, 1.165) is 20.3 Å². The third-order valence-corrected chi connectivity index (χ3v) is 4.26. The van der Waals surface area contributed by atoms with E-state index in [2.05, 4.69) is 0 Å². The van der Waals surface area contributed by atoms with Crippen molar-refractivity contribution in [3.8, 4) is 0 Å². The first-order valence-electron chi connectivity index (χ1n) is 5.39. The van der Waals surface area contributed by atoms with E-state index in [-0.39, 0.29) is 5.43 Å². The molecule has 0 atom stereocenters. The molecule has 17 heavy (non-hydrogen) atoms. The average Bonchev–Trinajstić information content (AvgIpc) is 2.34. The highest BCUT2D eigenvalue weighted by Gasteiger charge is 2.08. The summed E-state index contributed by atoms with van der Waals surface area (Å²) in [6.07, 6.45) is 0. The average molecular weight is 236 g/mol. The van der Waals surface area contributed by atoms with Crippen molar-refractivity contribution in [2.24, 2.45) is 0 Å². The van der Waals surface area contributed by atoms with E-state index in [1.165, 1.54) is 0 Å². The lowest BCUT2D eigenvalue weighted by Gasteiger charge is -2.06. The summed E-state index contributed by atoms with van der Waals surface area (Å²) in [5.74, 6) is 0. The van der Waals surface area contributed by atoms with E-state index in [9.17, 15) is 4.79 Å². The molecule has 3 heteroatoms. The van der Waals surface area contributed by atoms with Gasteiger partial charge in [0.25, 0.3) is 0 Å². The van der Waals surface area contributed by atoms with Crippen molar-refractivity contribution >= 4 is 44.8 Å². The number of hydrogen-bond acceptors (Lipinski definition) is 2. The van der Waals surface area contributed by atoms with E-state index >= 15 is 0 Å². The van der Waals surface area contributed by atoms with Crippen molar-refractivity contribution in [3.63, 3.8) is 0 Å². The van der Waals surface area contributed by atoms with Crippen LogP contribution in [0.15, 0.2) is 41.2 Å². The predicted octanol–water partition coefficient (Wildman–Crippen LogP) is 2.52. The molecule has 0 amide bonds. The Morgan fingerprint density at radius 1 is 1.12 bits per heavy atom. The molecule has 0 unspecified atom stereocenters. The molecule has 1 aromatic heterocycles. The Balaban J connectivity index is 2.69. The van der Waals surface area contributed by atoms with Gasteiger partial charge in [-0.2, -0.15) is 0 Å². The zero-order chi connectivity index (χ0) is 12.0. The first-order chi connectivity index (χ1) is 8.18. The fourth-order valence-corrected chi connectivity index (χ4v) is 3.23. The quantitative estimate of drug-likeness (QED) is 0.433. The van der Waals surface area contributed by atoms with Crippen molar-refractivity contribution in [1.82, 2.24) is 0 Å². The van der Waals surface area contributed by atoms with E-state index in [1.807, 2.05) is 37.3 Å².